The van der Waals surface area contributed by atoms with Gasteiger partial charge in [0, 0.05) is 42.0 Å². The summed E-state index contributed by atoms with van der Waals surface area (Å²) < 4.78 is 1.80. The van der Waals surface area contributed by atoms with Crippen molar-refractivity contribution in [1.29, 1.82) is 0 Å². The number of rotatable bonds is 5. The first-order valence-electron chi connectivity index (χ1n) is 12.1. The molecule has 7 heteroatoms. The number of nitrogens with one attached hydrogen (secondary N) is 1. The van der Waals surface area contributed by atoms with E-state index in [0.717, 1.165) is 30.2 Å². The molecule has 5 nitrogen and oxygen atoms in total. The summed E-state index contributed by atoms with van der Waals surface area (Å²) in [5.41, 5.74) is 5.93. The molecule has 0 amide bonds. The number of hydrogen-bond acceptors (Lipinski definition) is 4. The maximum atomic E-state index is 6.47. The molecule has 1 unspecified atom stereocenters. The lowest BCUT2D eigenvalue weighted by molar-refractivity contribution is 0.131. The van der Waals surface area contributed by atoms with Crippen LogP contribution in [0.2, 0.25) is 5.02 Å². The lowest BCUT2D eigenvalue weighted by Gasteiger charge is -2.37. The number of benzene rings is 2. The fraction of sp³-hybridized carbons (Fsp3) is 0.333. The Balaban J connectivity index is 1.20. The van der Waals surface area contributed by atoms with E-state index < -0.39 is 0 Å². The van der Waals surface area contributed by atoms with Gasteiger partial charge in [-0.2, -0.15) is 9.61 Å². The Kier molecular flexibility index (Phi) is 5.80. The van der Waals surface area contributed by atoms with E-state index in [9.17, 15) is 0 Å². The summed E-state index contributed by atoms with van der Waals surface area (Å²) in [6.07, 6.45) is 6.48. The van der Waals surface area contributed by atoms with Crippen molar-refractivity contribution in [2.24, 2.45) is 5.92 Å². The molecule has 2 radical (unpaired) electrons. The van der Waals surface area contributed by atoms with Crippen LogP contribution in [-0.2, 0) is 12.8 Å². The number of piperidine rings is 1. The van der Waals surface area contributed by atoms with Crippen LogP contribution in [0.1, 0.15) is 24.0 Å². The third-order valence-corrected chi connectivity index (χ3v) is 7.65. The summed E-state index contributed by atoms with van der Waals surface area (Å²) in [6, 6.07) is 19.3. The SMILES string of the molecule is [B]c1cnn2c(NCC3CCCN(C4Cc5ccccc5C4)C3)cc(-c3ccccc3Cl)nc12. The quantitative estimate of drug-likeness (QED) is 0.448. The van der Waals surface area contributed by atoms with Gasteiger partial charge in [-0.25, -0.2) is 4.98 Å². The number of likely N-dealkylation sites (tertiary alicyclic amines) is 1. The molecule has 1 N–H and O–H groups in total. The van der Waals surface area contributed by atoms with E-state index in [1.807, 2.05) is 30.3 Å². The zero-order chi connectivity index (χ0) is 23.1. The van der Waals surface area contributed by atoms with Crippen LogP contribution in [-0.4, -0.2) is 53.0 Å². The summed E-state index contributed by atoms with van der Waals surface area (Å²) in [4.78, 5) is 7.46. The topological polar surface area (TPSA) is 45.5 Å². The molecule has 1 atom stereocenters. The van der Waals surface area contributed by atoms with Gasteiger partial charge < -0.3 is 5.32 Å². The van der Waals surface area contributed by atoms with Gasteiger partial charge in [0.2, 0.25) is 0 Å². The van der Waals surface area contributed by atoms with E-state index in [-0.39, 0.29) is 0 Å². The van der Waals surface area contributed by atoms with E-state index in [1.165, 1.54) is 43.4 Å². The second-order valence-corrected chi connectivity index (χ2v) is 9.96. The molecule has 2 aromatic heterocycles. The van der Waals surface area contributed by atoms with Gasteiger partial charge in [0.25, 0.3) is 0 Å². The minimum absolute atomic E-state index is 0.557. The van der Waals surface area contributed by atoms with Gasteiger partial charge in [0.1, 0.15) is 13.7 Å². The molecule has 2 aliphatic rings. The van der Waals surface area contributed by atoms with Crippen molar-refractivity contribution in [2.45, 2.75) is 31.7 Å². The highest BCUT2D eigenvalue weighted by molar-refractivity contribution is 6.36. The molecule has 170 valence electrons. The highest BCUT2D eigenvalue weighted by Crippen LogP contribution is 2.30. The third-order valence-electron chi connectivity index (χ3n) is 7.32. The number of anilines is 1. The first-order valence-corrected chi connectivity index (χ1v) is 12.5. The summed E-state index contributed by atoms with van der Waals surface area (Å²) in [7, 11) is 6.18. The predicted octanol–water partition coefficient (Wildman–Crippen LogP) is 4.13. The molecule has 4 aromatic rings. The van der Waals surface area contributed by atoms with Crippen LogP contribution in [0.15, 0.2) is 60.8 Å². The van der Waals surface area contributed by atoms with Crippen molar-refractivity contribution in [1.82, 2.24) is 19.5 Å². The van der Waals surface area contributed by atoms with Crippen LogP contribution >= 0.6 is 11.6 Å². The molecule has 1 fully saturated rings. The molecule has 0 spiro atoms. The Labute approximate surface area is 206 Å². The average molecular weight is 468 g/mol. The Morgan fingerprint density at radius 2 is 1.82 bits per heavy atom. The Morgan fingerprint density at radius 3 is 2.62 bits per heavy atom. The Hall–Kier alpha value is -2.83. The van der Waals surface area contributed by atoms with Crippen LogP contribution in [0.25, 0.3) is 16.9 Å². The summed E-state index contributed by atoms with van der Waals surface area (Å²) >= 11 is 6.47. The molecule has 2 aromatic carbocycles. The van der Waals surface area contributed by atoms with Crippen molar-refractivity contribution in [2.75, 3.05) is 25.0 Å². The van der Waals surface area contributed by atoms with Gasteiger partial charge in [-0.3, -0.25) is 4.90 Å². The Bertz CT molecular complexity index is 1310. The van der Waals surface area contributed by atoms with Crippen LogP contribution in [0.5, 0.6) is 0 Å². The zero-order valence-corrected chi connectivity index (χ0v) is 19.9. The molecule has 1 aliphatic heterocycles. The standard InChI is InChI=1S/C27H27BClN5/c28-23-16-31-34-26(14-25(32-27(23)34)22-9-3-4-10-24(22)29)30-15-18-6-5-11-33(17-18)21-12-19-7-1-2-8-20(19)13-21/h1-4,7-10,14,16,18,21,30H,5-6,11-13,15,17H2. The van der Waals surface area contributed by atoms with Crippen LogP contribution in [0.3, 0.4) is 0 Å². The van der Waals surface area contributed by atoms with Gasteiger partial charge in [0.05, 0.1) is 5.69 Å². The molecule has 0 bridgehead atoms. The van der Waals surface area contributed by atoms with Crippen LogP contribution in [0, 0.1) is 5.92 Å². The number of aromatic nitrogens is 3. The zero-order valence-electron chi connectivity index (χ0n) is 19.1. The highest BCUT2D eigenvalue weighted by Gasteiger charge is 2.30. The van der Waals surface area contributed by atoms with Gasteiger partial charge in [-0.15, -0.1) is 0 Å². The molecular formula is C27H27BClN5. The normalized spacial score (nSPS) is 18.9. The number of halogens is 1. The lowest BCUT2D eigenvalue weighted by Crippen LogP contribution is -2.44. The number of fused-ring (bicyclic) bond motifs is 2. The van der Waals surface area contributed by atoms with E-state index in [1.54, 1.807) is 10.7 Å². The fourth-order valence-corrected chi connectivity index (χ4v) is 5.78. The highest BCUT2D eigenvalue weighted by atomic mass is 35.5. The van der Waals surface area contributed by atoms with Gasteiger partial charge in [-0.05, 0) is 60.8 Å². The van der Waals surface area contributed by atoms with E-state index in [2.05, 4.69) is 39.6 Å². The molecule has 1 aliphatic carbocycles. The maximum absolute atomic E-state index is 6.47. The largest absolute Gasteiger partial charge is 0.370 e. The monoisotopic (exact) mass is 467 g/mol. The first-order chi connectivity index (χ1) is 16.7. The van der Waals surface area contributed by atoms with Crippen molar-refractivity contribution in [3.05, 3.63) is 76.9 Å². The van der Waals surface area contributed by atoms with Gasteiger partial charge in [-0.1, -0.05) is 54.1 Å². The smallest absolute Gasteiger partial charge is 0.150 e. The minimum atomic E-state index is 0.557. The summed E-state index contributed by atoms with van der Waals surface area (Å²) in [6.45, 7) is 3.20. The minimum Gasteiger partial charge on any atom is -0.370 e. The summed E-state index contributed by atoms with van der Waals surface area (Å²) in [5, 5.41) is 8.80. The molecular weight excluding hydrogens is 441 g/mol. The molecule has 0 saturated carbocycles. The van der Waals surface area contributed by atoms with Gasteiger partial charge >= 0.3 is 0 Å². The van der Waals surface area contributed by atoms with Crippen LogP contribution < -0.4 is 10.8 Å². The van der Waals surface area contributed by atoms with E-state index >= 15 is 0 Å². The fourth-order valence-electron chi connectivity index (χ4n) is 5.55. The summed E-state index contributed by atoms with van der Waals surface area (Å²) in [5.74, 6) is 1.47. The van der Waals surface area contributed by atoms with E-state index in [4.69, 9.17) is 24.4 Å². The van der Waals surface area contributed by atoms with Crippen molar-refractivity contribution >= 4 is 36.4 Å². The van der Waals surface area contributed by atoms with E-state index in [0.29, 0.717) is 28.1 Å². The molecule has 6 rings (SSSR count). The Morgan fingerprint density at radius 1 is 1.06 bits per heavy atom. The molecule has 3 heterocycles. The van der Waals surface area contributed by atoms with Crippen LogP contribution in [0.4, 0.5) is 5.82 Å². The number of hydrogen-bond donors (Lipinski definition) is 1. The average Bonchev–Trinajstić information content (AvgIpc) is 3.47. The second-order valence-electron chi connectivity index (χ2n) is 9.56. The maximum Gasteiger partial charge on any atom is 0.150 e. The second kappa shape index (κ2) is 9.08. The predicted molar refractivity (Wildman–Crippen MR) is 139 cm³/mol. The third kappa shape index (κ3) is 4.10. The molecule has 1 saturated heterocycles. The first kappa shape index (κ1) is 21.7. The molecule has 34 heavy (non-hydrogen) atoms. The number of nitrogens with zero attached hydrogens (tertiary/aromatic N) is 4. The van der Waals surface area contributed by atoms with Gasteiger partial charge in [0.15, 0.2) is 5.65 Å². The van der Waals surface area contributed by atoms with Crippen molar-refractivity contribution < 1.29 is 0 Å². The lowest BCUT2D eigenvalue weighted by atomic mass is 9.96. The van der Waals surface area contributed by atoms with Crippen molar-refractivity contribution in [3.63, 3.8) is 0 Å². The van der Waals surface area contributed by atoms with Crippen molar-refractivity contribution in [3.8, 4) is 11.3 Å².